The fraction of sp³-hybridized carbons (Fsp3) is 0.556. The van der Waals surface area contributed by atoms with E-state index in [0.717, 1.165) is 37.7 Å². The van der Waals surface area contributed by atoms with Gasteiger partial charge < -0.3 is 16.0 Å². The maximum absolute atomic E-state index is 13.2. The second kappa shape index (κ2) is 7.30. The third-order valence-corrected chi connectivity index (χ3v) is 5.80. The highest BCUT2D eigenvalue weighted by atomic mass is 35.5. The summed E-state index contributed by atoms with van der Waals surface area (Å²) in [5.74, 6) is -0.452. The van der Waals surface area contributed by atoms with Gasteiger partial charge in [-0.2, -0.15) is 0 Å². The first-order valence-corrected chi connectivity index (χ1v) is 9.01. The van der Waals surface area contributed by atoms with Crippen LogP contribution in [0.4, 0.5) is 4.39 Å². The van der Waals surface area contributed by atoms with Crippen molar-refractivity contribution in [2.45, 2.75) is 37.1 Å². The molecule has 1 aromatic rings. The van der Waals surface area contributed by atoms with Crippen LogP contribution in [0.15, 0.2) is 18.2 Å². The molecule has 1 saturated carbocycles. The van der Waals surface area contributed by atoms with Gasteiger partial charge in [0.15, 0.2) is 0 Å². The fourth-order valence-electron chi connectivity index (χ4n) is 3.58. The molecule has 1 unspecified atom stereocenters. The number of hydrogen-bond acceptors (Lipinski definition) is 3. The number of rotatable bonds is 6. The minimum Gasteiger partial charge on any atom is -0.354 e. The Morgan fingerprint density at radius 3 is 2.68 bits per heavy atom. The van der Waals surface area contributed by atoms with E-state index in [2.05, 4.69) is 5.32 Å². The van der Waals surface area contributed by atoms with Crippen molar-refractivity contribution in [3.63, 3.8) is 0 Å². The maximum atomic E-state index is 13.2. The van der Waals surface area contributed by atoms with E-state index < -0.39 is 6.04 Å². The van der Waals surface area contributed by atoms with Gasteiger partial charge in [0.1, 0.15) is 5.82 Å². The molecule has 1 atom stereocenters. The average Bonchev–Trinajstić information content (AvgIpc) is 3.40. The van der Waals surface area contributed by atoms with E-state index in [4.69, 9.17) is 17.3 Å². The molecular weight excluding hydrogens is 345 g/mol. The first-order chi connectivity index (χ1) is 11.9. The number of nitrogens with zero attached hydrogens (tertiary/aromatic N) is 1. The lowest BCUT2D eigenvalue weighted by Gasteiger charge is -2.32. The van der Waals surface area contributed by atoms with Crippen molar-refractivity contribution in [1.29, 1.82) is 0 Å². The molecule has 1 saturated heterocycles. The maximum Gasteiger partial charge on any atom is 0.237 e. The summed E-state index contributed by atoms with van der Waals surface area (Å²) in [5.41, 5.74) is 6.79. The molecule has 2 amide bonds. The molecule has 3 N–H and O–H groups in total. The largest absolute Gasteiger partial charge is 0.354 e. The zero-order chi connectivity index (χ0) is 18.0. The summed E-state index contributed by atoms with van der Waals surface area (Å²) >= 11 is 6.17. The van der Waals surface area contributed by atoms with Gasteiger partial charge in [-0.15, -0.1) is 0 Å². The van der Waals surface area contributed by atoms with Crippen molar-refractivity contribution in [3.05, 3.63) is 34.6 Å². The number of halogens is 2. The van der Waals surface area contributed by atoms with E-state index >= 15 is 0 Å². The quantitative estimate of drug-likeness (QED) is 0.753. The monoisotopic (exact) mass is 367 g/mol. The summed E-state index contributed by atoms with van der Waals surface area (Å²) in [5, 5.41) is 3.35. The van der Waals surface area contributed by atoms with E-state index in [1.807, 2.05) is 0 Å². The van der Waals surface area contributed by atoms with Gasteiger partial charge in [-0.05, 0) is 49.3 Å². The van der Waals surface area contributed by atoms with Crippen LogP contribution in [0.2, 0.25) is 5.02 Å². The number of amides is 2. The Hall–Kier alpha value is -1.66. The fourth-order valence-corrected chi connectivity index (χ4v) is 3.95. The van der Waals surface area contributed by atoms with E-state index in [-0.39, 0.29) is 23.1 Å². The lowest BCUT2D eigenvalue weighted by atomic mass is 9.89. The Morgan fingerprint density at radius 1 is 1.44 bits per heavy atom. The average molecular weight is 368 g/mol. The zero-order valence-corrected chi connectivity index (χ0v) is 14.8. The number of carbonyl (C=O) groups is 2. The summed E-state index contributed by atoms with van der Waals surface area (Å²) < 4.78 is 13.2. The number of piperidine rings is 1. The number of hydrogen-bond donors (Lipinski definition) is 2. The summed E-state index contributed by atoms with van der Waals surface area (Å²) in [6, 6.07) is 3.83. The standard InChI is InChI=1S/C18H23ClFN3O2/c19-15-9-13(20)1-2-14(15)18(5-6-18)10-22-17(25)16(21)12-3-7-23(11-24)8-4-12/h1-2,9,11-12,16H,3-8,10,21H2,(H,22,25). The van der Waals surface area contributed by atoms with Crippen LogP contribution in [-0.2, 0) is 15.0 Å². The SMILES string of the molecule is NC(C(=O)NCC1(c2ccc(F)cc2Cl)CC1)C1CCN(C=O)CC1. The molecule has 136 valence electrons. The predicted octanol–water partition coefficient (Wildman–Crippen LogP) is 1.82. The van der Waals surface area contributed by atoms with Gasteiger partial charge >= 0.3 is 0 Å². The third kappa shape index (κ3) is 3.96. The van der Waals surface area contributed by atoms with Crippen LogP contribution >= 0.6 is 11.6 Å². The summed E-state index contributed by atoms with van der Waals surface area (Å²) in [6.45, 7) is 1.74. The number of likely N-dealkylation sites (tertiary alicyclic amines) is 1. The van der Waals surface area contributed by atoms with E-state index in [1.165, 1.54) is 12.1 Å². The molecule has 3 rings (SSSR count). The van der Waals surface area contributed by atoms with Gasteiger partial charge in [0, 0.05) is 30.1 Å². The van der Waals surface area contributed by atoms with Crippen LogP contribution in [0.5, 0.6) is 0 Å². The minimum atomic E-state index is -0.576. The van der Waals surface area contributed by atoms with E-state index in [0.29, 0.717) is 24.7 Å². The Kier molecular flexibility index (Phi) is 5.29. The first kappa shape index (κ1) is 18.1. The first-order valence-electron chi connectivity index (χ1n) is 8.63. The van der Waals surface area contributed by atoms with Gasteiger partial charge in [0.05, 0.1) is 6.04 Å². The van der Waals surface area contributed by atoms with Crippen molar-refractivity contribution in [2.75, 3.05) is 19.6 Å². The van der Waals surface area contributed by atoms with Crippen LogP contribution in [0.1, 0.15) is 31.2 Å². The van der Waals surface area contributed by atoms with Crippen molar-refractivity contribution in [3.8, 4) is 0 Å². The molecule has 0 radical (unpaired) electrons. The molecule has 1 aliphatic heterocycles. The van der Waals surface area contributed by atoms with Crippen molar-refractivity contribution in [2.24, 2.45) is 11.7 Å². The molecule has 5 nitrogen and oxygen atoms in total. The second-order valence-electron chi connectivity index (χ2n) is 7.13. The lowest BCUT2D eigenvalue weighted by Crippen LogP contribution is -2.50. The zero-order valence-electron chi connectivity index (χ0n) is 14.0. The Balaban J connectivity index is 1.56. The van der Waals surface area contributed by atoms with Crippen molar-refractivity contribution in [1.82, 2.24) is 10.2 Å². The Labute approximate surface area is 151 Å². The van der Waals surface area contributed by atoms with Gasteiger partial charge in [-0.1, -0.05) is 17.7 Å². The second-order valence-corrected chi connectivity index (χ2v) is 7.53. The molecule has 0 spiro atoms. The summed E-state index contributed by atoms with van der Waals surface area (Å²) in [7, 11) is 0. The molecular formula is C18H23ClFN3O2. The number of nitrogens with one attached hydrogen (secondary N) is 1. The molecule has 2 aliphatic rings. The molecule has 1 heterocycles. The molecule has 1 aromatic carbocycles. The van der Waals surface area contributed by atoms with E-state index in [9.17, 15) is 14.0 Å². The lowest BCUT2D eigenvalue weighted by molar-refractivity contribution is -0.124. The van der Waals surface area contributed by atoms with Gasteiger partial charge in [0.2, 0.25) is 12.3 Å². The van der Waals surface area contributed by atoms with Crippen molar-refractivity contribution < 1.29 is 14.0 Å². The number of carbonyl (C=O) groups excluding carboxylic acids is 2. The van der Waals surface area contributed by atoms with Crippen LogP contribution < -0.4 is 11.1 Å². The van der Waals surface area contributed by atoms with Gasteiger partial charge in [-0.3, -0.25) is 9.59 Å². The number of benzene rings is 1. The highest BCUT2D eigenvalue weighted by Gasteiger charge is 2.46. The smallest absolute Gasteiger partial charge is 0.237 e. The summed E-state index contributed by atoms with van der Waals surface area (Å²) in [6.07, 6.45) is 4.13. The molecule has 1 aliphatic carbocycles. The Bertz CT molecular complexity index is 658. The molecule has 25 heavy (non-hydrogen) atoms. The van der Waals surface area contributed by atoms with Crippen molar-refractivity contribution >= 4 is 23.9 Å². The van der Waals surface area contributed by atoms with Crippen LogP contribution in [0, 0.1) is 11.7 Å². The highest BCUT2D eigenvalue weighted by Crippen LogP contribution is 2.50. The number of nitrogens with two attached hydrogens (primary N) is 1. The molecule has 2 fully saturated rings. The molecule has 7 heteroatoms. The predicted molar refractivity (Wildman–Crippen MR) is 93.7 cm³/mol. The molecule has 0 bridgehead atoms. The minimum absolute atomic E-state index is 0.0840. The van der Waals surface area contributed by atoms with Gasteiger partial charge in [0.25, 0.3) is 0 Å². The van der Waals surface area contributed by atoms with Crippen LogP contribution in [-0.4, -0.2) is 42.9 Å². The van der Waals surface area contributed by atoms with Crippen LogP contribution in [0.25, 0.3) is 0 Å². The summed E-state index contributed by atoms with van der Waals surface area (Å²) in [4.78, 5) is 24.9. The van der Waals surface area contributed by atoms with Gasteiger partial charge in [-0.25, -0.2) is 4.39 Å². The highest BCUT2D eigenvalue weighted by molar-refractivity contribution is 6.31. The third-order valence-electron chi connectivity index (χ3n) is 5.49. The Morgan fingerprint density at radius 2 is 2.12 bits per heavy atom. The van der Waals surface area contributed by atoms with Crippen LogP contribution in [0.3, 0.4) is 0 Å². The topological polar surface area (TPSA) is 75.4 Å². The normalized spacial score (nSPS) is 20.8. The molecule has 0 aromatic heterocycles. The van der Waals surface area contributed by atoms with E-state index in [1.54, 1.807) is 11.0 Å².